The van der Waals surface area contributed by atoms with Crippen LogP contribution in [0.3, 0.4) is 0 Å². The van der Waals surface area contributed by atoms with E-state index in [0.717, 1.165) is 50.2 Å². The van der Waals surface area contributed by atoms with Gasteiger partial charge in [-0.1, -0.05) is 11.8 Å². The summed E-state index contributed by atoms with van der Waals surface area (Å²) in [6.45, 7) is 3.02. The number of hydrogen-bond donors (Lipinski definition) is 0. The van der Waals surface area contributed by atoms with E-state index in [1.807, 2.05) is 11.1 Å². The van der Waals surface area contributed by atoms with Gasteiger partial charge in [0.25, 0.3) is 6.20 Å². The summed E-state index contributed by atoms with van der Waals surface area (Å²) < 4.78 is 43.9. The molecule has 3 heterocycles. The number of nitriles is 1. The Bertz CT molecular complexity index is 948. The summed E-state index contributed by atoms with van der Waals surface area (Å²) >= 11 is 0.722. The van der Waals surface area contributed by atoms with E-state index in [4.69, 9.17) is 4.52 Å². The van der Waals surface area contributed by atoms with Crippen LogP contribution < -0.4 is 14.9 Å². The zero-order valence-corrected chi connectivity index (χ0v) is 16.3. The monoisotopic (exact) mass is 426 g/mol. The van der Waals surface area contributed by atoms with Gasteiger partial charge in [-0.05, 0) is 43.7 Å². The molecular weight excluding hydrogens is 409 g/mol. The van der Waals surface area contributed by atoms with Crippen molar-refractivity contribution in [2.24, 2.45) is 4.99 Å². The van der Waals surface area contributed by atoms with Crippen LogP contribution >= 0.6 is 11.8 Å². The maximum atomic E-state index is 13.0. The van der Waals surface area contributed by atoms with Gasteiger partial charge in [-0.25, -0.2) is 9.98 Å². The SMILES string of the molecule is Cc1cc(C(F)(F)F)nc(SC/C([O-])=N/c2c[n+](N3CCCCC3)no2)c1C#N. The second kappa shape index (κ2) is 8.69. The van der Waals surface area contributed by atoms with Crippen molar-refractivity contribution < 1.29 is 27.6 Å². The summed E-state index contributed by atoms with van der Waals surface area (Å²) in [5.74, 6) is -0.945. The Hall–Kier alpha value is -2.81. The predicted molar refractivity (Wildman–Crippen MR) is 95.0 cm³/mol. The molecule has 1 aliphatic rings. The Balaban J connectivity index is 1.72. The number of rotatable bonds is 5. The molecule has 1 saturated heterocycles. The largest absolute Gasteiger partial charge is 0.861 e. The molecule has 0 spiro atoms. The van der Waals surface area contributed by atoms with Gasteiger partial charge >= 0.3 is 12.1 Å². The Labute approximate surface area is 168 Å². The van der Waals surface area contributed by atoms with Crippen LogP contribution in [0.4, 0.5) is 19.1 Å². The Kier molecular flexibility index (Phi) is 6.26. The normalized spacial score (nSPS) is 15.4. The lowest BCUT2D eigenvalue weighted by Crippen LogP contribution is -2.60. The van der Waals surface area contributed by atoms with Crippen molar-refractivity contribution in [3.63, 3.8) is 0 Å². The van der Waals surface area contributed by atoms with E-state index in [2.05, 4.69) is 15.2 Å². The van der Waals surface area contributed by atoms with Crippen molar-refractivity contribution >= 4 is 23.5 Å². The molecule has 0 bridgehead atoms. The van der Waals surface area contributed by atoms with Gasteiger partial charge in [0, 0.05) is 5.75 Å². The predicted octanol–water partition coefficient (Wildman–Crippen LogP) is 1.86. The third-order valence-electron chi connectivity index (χ3n) is 4.22. The first-order chi connectivity index (χ1) is 13.8. The van der Waals surface area contributed by atoms with Crippen LogP contribution in [0.2, 0.25) is 0 Å². The molecule has 8 nitrogen and oxygen atoms in total. The molecule has 1 fully saturated rings. The molecule has 0 N–H and O–H groups in total. The van der Waals surface area contributed by atoms with Gasteiger partial charge < -0.3 is 5.11 Å². The highest BCUT2D eigenvalue weighted by Gasteiger charge is 2.34. The summed E-state index contributed by atoms with van der Waals surface area (Å²) in [7, 11) is 0. The summed E-state index contributed by atoms with van der Waals surface area (Å²) in [5.41, 5.74) is -0.975. The van der Waals surface area contributed by atoms with E-state index in [1.165, 1.54) is 17.9 Å². The van der Waals surface area contributed by atoms with Crippen LogP contribution in [-0.4, -0.2) is 35.0 Å². The number of aliphatic imine (C=N–C) groups is 1. The number of nitrogens with zero attached hydrogens (tertiary/aromatic N) is 6. The smallest absolute Gasteiger partial charge is 0.433 e. The number of aryl methyl sites for hydroxylation is 1. The fourth-order valence-electron chi connectivity index (χ4n) is 2.81. The van der Waals surface area contributed by atoms with Crippen LogP contribution in [0.5, 0.6) is 0 Å². The topological polar surface area (TPSA) is 105 Å². The highest BCUT2D eigenvalue weighted by atomic mass is 32.2. The molecule has 3 rings (SSSR count). The van der Waals surface area contributed by atoms with Crippen molar-refractivity contribution in [2.75, 3.05) is 23.9 Å². The first-order valence-corrected chi connectivity index (χ1v) is 9.76. The number of aromatic nitrogens is 3. The first kappa shape index (κ1) is 20.9. The third kappa shape index (κ3) is 5.17. The lowest BCUT2D eigenvalue weighted by Gasteiger charge is -2.17. The molecule has 1 aliphatic heterocycles. The number of thioether (sulfide) groups is 1. The molecule has 0 aliphatic carbocycles. The van der Waals surface area contributed by atoms with Crippen molar-refractivity contribution in [1.29, 1.82) is 5.26 Å². The second-order valence-corrected chi connectivity index (χ2v) is 7.35. The number of hydrogen-bond acceptors (Lipinski definition) is 8. The van der Waals surface area contributed by atoms with Crippen LogP contribution in [0.25, 0.3) is 0 Å². The molecule has 0 unspecified atom stereocenters. The standard InChI is InChI=1S/C17H17F3N6O2S/c1-11-7-13(17(18,19)20)22-16(12(11)8-21)29-10-14(27)23-15-9-26(24-28-15)25-5-3-2-4-6-25/h7,9H,2-6,10H2,1H3. The minimum absolute atomic E-state index is 0.00148. The van der Waals surface area contributed by atoms with Gasteiger partial charge in [0.05, 0.1) is 23.4 Å². The molecule has 0 aromatic carbocycles. The zero-order chi connectivity index (χ0) is 21.0. The quantitative estimate of drug-likeness (QED) is 0.311. The van der Waals surface area contributed by atoms with Gasteiger partial charge in [-0.15, -0.1) is 0 Å². The number of alkyl halides is 3. The number of pyridine rings is 1. The van der Waals surface area contributed by atoms with Crippen molar-refractivity contribution in [3.8, 4) is 6.07 Å². The average Bonchev–Trinajstić information content (AvgIpc) is 3.14. The Morgan fingerprint density at radius 3 is 2.79 bits per heavy atom. The van der Waals surface area contributed by atoms with E-state index in [-0.39, 0.29) is 27.8 Å². The average molecular weight is 426 g/mol. The zero-order valence-electron chi connectivity index (χ0n) is 15.4. The van der Waals surface area contributed by atoms with Gasteiger partial charge in [0.2, 0.25) is 5.27 Å². The van der Waals surface area contributed by atoms with Gasteiger partial charge in [0.15, 0.2) is 0 Å². The minimum atomic E-state index is -4.65. The molecule has 0 amide bonds. The Morgan fingerprint density at radius 1 is 1.41 bits per heavy atom. The summed E-state index contributed by atoms with van der Waals surface area (Å²) in [4.78, 5) is 8.75. The summed E-state index contributed by atoms with van der Waals surface area (Å²) in [6, 6.07) is 2.63. The van der Waals surface area contributed by atoms with Gasteiger partial charge in [0.1, 0.15) is 16.8 Å². The number of piperidine rings is 1. The summed E-state index contributed by atoms with van der Waals surface area (Å²) in [6.07, 6.45) is 0.0420. The van der Waals surface area contributed by atoms with Crippen LogP contribution in [0.15, 0.2) is 26.8 Å². The highest BCUT2D eigenvalue weighted by molar-refractivity contribution is 7.99. The van der Waals surface area contributed by atoms with E-state index in [0.29, 0.717) is 0 Å². The van der Waals surface area contributed by atoms with E-state index in [9.17, 15) is 23.5 Å². The lowest BCUT2D eigenvalue weighted by molar-refractivity contribution is -0.759. The molecule has 2 aromatic heterocycles. The Morgan fingerprint density at radius 2 is 2.14 bits per heavy atom. The second-order valence-electron chi connectivity index (χ2n) is 6.38. The van der Waals surface area contributed by atoms with Crippen molar-refractivity contribution in [3.05, 3.63) is 29.1 Å². The van der Waals surface area contributed by atoms with E-state index < -0.39 is 17.8 Å². The minimum Gasteiger partial charge on any atom is -0.861 e. The van der Waals surface area contributed by atoms with Crippen molar-refractivity contribution in [1.82, 2.24) is 10.3 Å². The number of halogens is 3. The highest BCUT2D eigenvalue weighted by Crippen LogP contribution is 2.32. The van der Waals surface area contributed by atoms with E-state index in [1.54, 1.807) is 0 Å². The molecule has 0 atom stereocenters. The van der Waals surface area contributed by atoms with E-state index >= 15 is 0 Å². The maximum absolute atomic E-state index is 13.0. The van der Waals surface area contributed by atoms with Crippen LogP contribution in [-0.2, 0) is 6.18 Å². The molecule has 0 saturated carbocycles. The first-order valence-electron chi connectivity index (χ1n) is 8.78. The molecule has 2 aromatic rings. The molecule has 0 radical (unpaired) electrons. The lowest BCUT2D eigenvalue weighted by atomic mass is 10.1. The third-order valence-corrected chi connectivity index (χ3v) is 5.18. The molecule has 12 heteroatoms. The molecular formula is C17H17F3N6O2S. The van der Waals surface area contributed by atoms with Crippen LogP contribution in [0.1, 0.15) is 36.1 Å². The van der Waals surface area contributed by atoms with Crippen LogP contribution in [0, 0.1) is 18.3 Å². The molecule has 154 valence electrons. The van der Waals surface area contributed by atoms with Crippen molar-refractivity contribution in [2.45, 2.75) is 37.4 Å². The maximum Gasteiger partial charge on any atom is 0.433 e. The fraction of sp³-hybridized carbons (Fsp3) is 0.471. The molecule has 29 heavy (non-hydrogen) atoms. The van der Waals surface area contributed by atoms with Gasteiger partial charge in [-0.2, -0.15) is 23.4 Å². The summed E-state index contributed by atoms with van der Waals surface area (Å²) in [5, 5.41) is 26.9. The fourth-order valence-corrected chi connectivity index (χ4v) is 3.65. The van der Waals surface area contributed by atoms with Gasteiger partial charge in [-0.3, -0.25) is 4.52 Å².